The van der Waals surface area contributed by atoms with Crippen molar-refractivity contribution in [1.82, 2.24) is 19.9 Å². The van der Waals surface area contributed by atoms with Gasteiger partial charge in [0.25, 0.3) is 0 Å². The standard InChI is InChI=1S/C20H20N6O3.C2H6/c21-20-23-15-3-2-14(13-1-4-16-17(11-13)29-10-9-28-16)22-18(15)19(24-20)26-7-5-25(12-27)6-8-26;1-2/h1-4,11-12H,5-10H2,(H2,21,23,24);1-2H3. The first-order valence-corrected chi connectivity index (χ1v) is 10.5. The Morgan fingerprint density at radius 1 is 0.935 bits per heavy atom. The van der Waals surface area contributed by atoms with Crippen LogP contribution in [0.1, 0.15) is 13.8 Å². The fraction of sp³-hybridized carbons (Fsp3) is 0.364. The van der Waals surface area contributed by atoms with Crippen LogP contribution in [0, 0.1) is 0 Å². The Morgan fingerprint density at radius 3 is 2.42 bits per heavy atom. The largest absolute Gasteiger partial charge is 0.486 e. The number of benzene rings is 1. The molecule has 0 atom stereocenters. The number of hydrogen-bond acceptors (Lipinski definition) is 8. The average molecular weight is 422 g/mol. The molecule has 2 aliphatic heterocycles. The number of anilines is 2. The third-order valence-corrected chi connectivity index (χ3v) is 5.14. The predicted molar refractivity (Wildman–Crippen MR) is 119 cm³/mol. The Kier molecular flexibility index (Phi) is 6.01. The summed E-state index contributed by atoms with van der Waals surface area (Å²) in [5.41, 5.74) is 9.02. The Labute approximate surface area is 180 Å². The van der Waals surface area contributed by atoms with Gasteiger partial charge in [0.05, 0.1) is 11.2 Å². The van der Waals surface area contributed by atoms with E-state index in [1.54, 1.807) is 4.90 Å². The van der Waals surface area contributed by atoms with E-state index in [1.807, 2.05) is 44.2 Å². The van der Waals surface area contributed by atoms with E-state index in [9.17, 15) is 4.79 Å². The van der Waals surface area contributed by atoms with E-state index in [-0.39, 0.29) is 5.95 Å². The quantitative estimate of drug-likeness (QED) is 0.641. The summed E-state index contributed by atoms with van der Waals surface area (Å²) >= 11 is 0. The van der Waals surface area contributed by atoms with Gasteiger partial charge in [-0.1, -0.05) is 13.8 Å². The number of piperazine rings is 1. The Morgan fingerprint density at radius 2 is 1.68 bits per heavy atom. The van der Waals surface area contributed by atoms with Gasteiger partial charge in [-0.2, -0.15) is 4.98 Å². The second kappa shape index (κ2) is 9.03. The number of ether oxygens (including phenoxy) is 2. The van der Waals surface area contributed by atoms with E-state index in [1.165, 1.54) is 0 Å². The van der Waals surface area contributed by atoms with Crippen LogP contribution in [0.25, 0.3) is 22.3 Å². The topological polar surface area (TPSA) is 107 Å². The fourth-order valence-electron chi connectivity index (χ4n) is 3.64. The molecule has 2 aliphatic rings. The molecule has 0 spiro atoms. The summed E-state index contributed by atoms with van der Waals surface area (Å²) in [4.78, 5) is 28.5. The zero-order valence-corrected chi connectivity index (χ0v) is 17.7. The zero-order valence-electron chi connectivity index (χ0n) is 17.7. The van der Waals surface area contributed by atoms with Crippen molar-refractivity contribution in [2.75, 3.05) is 50.0 Å². The van der Waals surface area contributed by atoms with Crippen LogP contribution < -0.4 is 20.1 Å². The maximum absolute atomic E-state index is 11.0. The number of nitrogens with two attached hydrogens (primary N) is 1. The molecule has 9 nitrogen and oxygen atoms in total. The number of carbonyl (C=O) groups is 1. The number of rotatable bonds is 3. The highest BCUT2D eigenvalue weighted by Crippen LogP contribution is 2.35. The molecule has 31 heavy (non-hydrogen) atoms. The van der Waals surface area contributed by atoms with Crippen LogP contribution in [-0.2, 0) is 4.79 Å². The highest BCUT2D eigenvalue weighted by Gasteiger charge is 2.21. The predicted octanol–water partition coefficient (Wildman–Crippen LogP) is 2.35. The number of pyridine rings is 1. The van der Waals surface area contributed by atoms with Crippen molar-refractivity contribution < 1.29 is 14.3 Å². The molecular weight excluding hydrogens is 396 g/mol. The molecule has 1 amide bonds. The SMILES string of the molecule is CC.Nc1nc(N2CCN(C=O)CC2)c2nc(-c3ccc4c(c3)OCCO4)ccc2n1. The van der Waals surface area contributed by atoms with E-state index in [0.717, 1.165) is 29.2 Å². The molecule has 5 rings (SSSR count). The van der Waals surface area contributed by atoms with Gasteiger partial charge in [0, 0.05) is 31.7 Å². The number of amides is 1. The fourth-order valence-corrected chi connectivity index (χ4v) is 3.64. The molecule has 9 heteroatoms. The third-order valence-electron chi connectivity index (χ3n) is 5.14. The maximum atomic E-state index is 11.0. The molecule has 0 bridgehead atoms. The number of hydrogen-bond donors (Lipinski definition) is 1. The normalized spacial score (nSPS) is 15.3. The second-order valence-electron chi connectivity index (χ2n) is 6.96. The summed E-state index contributed by atoms with van der Waals surface area (Å²) < 4.78 is 11.3. The second-order valence-corrected chi connectivity index (χ2v) is 6.96. The van der Waals surface area contributed by atoms with Crippen LogP contribution >= 0.6 is 0 Å². The molecule has 4 heterocycles. The lowest BCUT2D eigenvalue weighted by molar-refractivity contribution is -0.118. The van der Waals surface area contributed by atoms with Crippen LogP contribution in [0.5, 0.6) is 11.5 Å². The minimum Gasteiger partial charge on any atom is -0.486 e. The molecule has 1 aromatic carbocycles. The Balaban J connectivity index is 0.00000112. The van der Waals surface area contributed by atoms with E-state index >= 15 is 0 Å². The van der Waals surface area contributed by atoms with Gasteiger partial charge < -0.3 is 25.0 Å². The maximum Gasteiger partial charge on any atom is 0.222 e. The number of aromatic nitrogens is 3. The molecule has 0 radical (unpaired) electrons. The summed E-state index contributed by atoms with van der Waals surface area (Å²) in [5.74, 6) is 2.36. The smallest absolute Gasteiger partial charge is 0.222 e. The van der Waals surface area contributed by atoms with Crippen LogP contribution in [0.3, 0.4) is 0 Å². The van der Waals surface area contributed by atoms with E-state index in [4.69, 9.17) is 20.2 Å². The van der Waals surface area contributed by atoms with Crippen LogP contribution in [-0.4, -0.2) is 65.7 Å². The molecular formula is C22H26N6O3. The van der Waals surface area contributed by atoms with Gasteiger partial charge in [-0.25, -0.2) is 9.97 Å². The number of fused-ring (bicyclic) bond motifs is 2. The monoisotopic (exact) mass is 422 g/mol. The third kappa shape index (κ3) is 4.16. The molecule has 0 unspecified atom stereocenters. The van der Waals surface area contributed by atoms with Crippen molar-refractivity contribution in [3.8, 4) is 22.8 Å². The average Bonchev–Trinajstić information content (AvgIpc) is 2.84. The molecule has 3 aromatic rings. The number of nitrogen functional groups attached to an aromatic ring is 1. The van der Waals surface area contributed by atoms with Gasteiger partial charge >= 0.3 is 0 Å². The first-order valence-electron chi connectivity index (χ1n) is 10.5. The molecule has 1 saturated heterocycles. The lowest BCUT2D eigenvalue weighted by Gasteiger charge is -2.33. The van der Waals surface area contributed by atoms with Crippen LogP contribution in [0.15, 0.2) is 30.3 Å². The van der Waals surface area contributed by atoms with E-state index in [0.29, 0.717) is 56.2 Å². The van der Waals surface area contributed by atoms with Gasteiger partial charge in [-0.3, -0.25) is 4.79 Å². The van der Waals surface area contributed by atoms with Crippen molar-refractivity contribution >= 4 is 29.2 Å². The van der Waals surface area contributed by atoms with Crippen molar-refractivity contribution in [3.63, 3.8) is 0 Å². The van der Waals surface area contributed by atoms with Gasteiger partial charge in [0.15, 0.2) is 17.3 Å². The molecule has 162 valence electrons. The molecule has 0 aliphatic carbocycles. The minimum atomic E-state index is 0.208. The number of carbonyl (C=O) groups excluding carboxylic acids is 1. The number of nitrogens with zero attached hydrogens (tertiary/aromatic N) is 5. The summed E-state index contributed by atoms with van der Waals surface area (Å²) in [6.45, 7) is 7.69. The van der Waals surface area contributed by atoms with Crippen molar-refractivity contribution in [3.05, 3.63) is 30.3 Å². The summed E-state index contributed by atoms with van der Waals surface area (Å²) in [6.07, 6.45) is 0.877. The van der Waals surface area contributed by atoms with Gasteiger partial charge in [0.1, 0.15) is 18.7 Å². The summed E-state index contributed by atoms with van der Waals surface area (Å²) in [5, 5.41) is 0. The zero-order chi connectivity index (χ0) is 21.8. The Hall–Kier alpha value is -3.62. The minimum absolute atomic E-state index is 0.208. The van der Waals surface area contributed by atoms with Crippen molar-refractivity contribution in [2.24, 2.45) is 0 Å². The Bertz CT molecular complexity index is 1080. The molecule has 0 saturated carbocycles. The molecule has 2 N–H and O–H groups in total. The van der Waals surface area contributed by atoms with Crippen molar-refractivity contribution in [1.29, 1.82) is 0 Å². The molecule has 1 fully saturated rings. The first kappa shape index (κ1) is 20.6. The van der Waals surface area contributed by atoms with Gasteiger partial charge in [-0.15, -0.1) is 0 Å². The first-order chi connectivity index (χ1) is 15.2. The van der Waals surface area contributed by atoms with Gasteiger partial charge in [0.2, 0.25) is 12.4 Å². The highest BCUT2D eigenvalue weighted by atomic mass is 16.6. The van der Waals surface area contributed by atoms with Crippen molar-refractivity contribution in [2.45, 2.75) is 13.8 Å². The molecule has 2 aromatic heterocycles. The van der Waals surface area contributed by atoms with Crippen LogP contribution in [0.2, 0.25) is 0 Å². The van der Waals surface area contributed by atoms with Gasteiger partial charge in [-0.05, 0) is 30.3 Å². The lowest BCUT2D eigenvalue weighted by atomic mass is 10.1. The van der Waals surface area contributed by atoms with Crippen LogP contribution in [0.4, 0.5) is 11.8 Å². The summed E-state index contributed by atoms with van der Waals surface area (Å²) in [7, 11) is 0. The lowest BCUT2D eigenvalue weighted by Crippen LogP contribution is -2.46. The highest BCUT2D eigenvalue weighted by molar-refractivity contribution is 5.89. The summed E-state index contributed by atoms with van der Waals surface area (Å²) in [6, 6.07) is 9.60. The van der Waals surface area contributed by atoms with E-state index < -0.39 is 0 Å². The van der Waals surface area contributed by atoms with E-state index in [2.05, 4.69) is 14.9 Å².